The summed E-state index contributed by atoms with van der Waals surface area (Å²) < 4.78 is 5.57. The molecule has 2 aliphatic rings. The number of hydrogen-bond donors (Lipinski definition) is 0. The third-order valence-corrected chi connectivity index (χ3v) is 6.48. The molecular formula is C21H27ClN2O2. The van der Waals surface area contributed by atoms with Gasteiger partial charge in [-0.1, -0.05) is 11.6 Å². The van der Waals surface area contributed by atoms with E-state index < -0.39 is 0 Å². The molecule has 2 heterocycles. The van der Waals surface area contributed by atoms with Gasteiger partial charge in [0.15, 0.2) is 0 Å². The number of rotatable bonds is 5. The standard InChI is InChI=1S/C21H27ClN2O2/c1-21(2,16-4-5-16)24-11-9-23(10-12-24)20(25)8-3-15-14-26-19-7-6-17(22)13-18(15)19/h6-7,13-14,16H,3-5,8-12H2,1-2H3. The summed E-state index contributed by atoms with van der Waals surface area (Å²) in [5.41, 5.74) is 2.17. The maximum absolute atomic E-state index is 12.6. The minimum atomic E-state index is 0.241. The van der Waals surface area contributed by atoms with Crippen molar-refractivity contribution in [3.05, 3.63) is 35.0 Å². The van der Waals surface area contributed by atoms with Crippen LogP contribution in [0.3, 0.4) is 0 Å². The highest BCUT2D eigenvalue weighted by Crippen LogP contribution is 2.43. The van der Waals surface area contributed by atoms with Gasteiger partial charge in [0.05, 0.1) is 6.26 Å². The van der Waals surface area contributed by atoms with E-state index in [0.717, 1.165) is 48.6 Å². The van der Waals surface area contributed by atoms with Crippen molar-refractivity contribution in [3.63, 3.8) is 0 Å². The van der Waals surface area contributed by atoms with Crippen molar-refractivity contribution < 1.29 is 9.21 Å². The first kappa shape index (κ1) is 17.9. The van der Waals surface area contributed by atoms with Gasteiger partial charge in [0, 0.05) is 48.5 Å². The van der Waals surface area contributed by atoms with E-state index in [1.807, 2.05) is 23.1 Å². The summed E-state index contributed by atoms with van der Waals surface area (Å²) in [6, 6.07) is 5.62. The second kappa shape index (κ2) is 6.90. The van der Waals surface area contributed by atoms with Crippen LogP contribution >= 0.6 is 11.6 Å². The lowest BCUT2D eigenvalue weighted by Crippen LogP contribution is -2.56. The number of carbonyl (C=O) groups excluding carboxylic acids is 1. The lowest BCUT2D eigenvalue weighted by atomic mass is 9.95. The molecule has 1 aliphatic carbocycles. The van der Waals surface area contributed by atoms with E-state index in [4.69, 9.17) is 16.0 Å². The number of piperazine rings is 1. The zero-order valence-corrected chi connectivity index (χ0v) is 16.4. The molecule has 0 bridgehead atoms. The van der Waals surface area contributed by atoms with E-state index in [2.05, 4.69) is 18.7 Å². The smallest absolute Gasteiger partial charge is 0.222 e. The van der Waals surface area contributed by atoms with Crippen molar-refractivity contribution in [2.45, 2.75) is 45.1 Å². The third kappa shape index (κ3) is 3.49. The Bertz CT molecular complexity index is 801. The highest BCUT2D eigenvalue weighted by molar-refractivity contribution is 6.31. The molecule has 1 aromatic carbocycles. The number of hydrogen-bond acceptors (Lipinski definition) is 3. The molecule has 5 heteroatoms. The first-order valence-corrected chi connectivity index (χ1v) is 10.0. The number of fused-ring (bicyclic) bond motifs is 1. The second-order valence-electron chi connectivity index (χ2n) is 8.20. The van der Waals surface area contributed by atoms with Gasteiger partial charge < -0.3 is 9.32 Å². The number of carbonyl (C=O) groups is 1. The molecule has 4 nitrogen and oxygen atoms in total. The Hall–Kier alpha value is -1.52. The van der Waals surface area contributed by atoms with Gasteiger partial charge in [-0.2, -0.15) is 0 Å². The van der Waals surface area contributed by atoms with Crippen molar-refractivity contribution in [1.29, 1.82) is 0 Å². The number of furan rings is 1. The minimum Gasteiger partial charge on any atom is -0.464 e. The molecule has 0 atom stereocenters. The minimum absolute atomic E-state index is 0.241. The van der Waals surface area contributed by atoms with E-state index in [1.54, 1.807) is 6.26 Å². The van der Waals surface area contributed by atoms with E-state index in [1.165, 1.54) is 12.8 Å². The van der Waals surface area contributed by atoms with E-state index >= 15 is 0 Å². The van der Waals surface area contributed by atoms with Gasteiger partial charge in [-0.25, -0.2) is 0 Å². The Balaban J connectivity index is 1.32. The van der Waals surface area contributed by atoms with Gasteiger partial charge in [0.1, 0.15) is 5.58 Å². The molecule has 0 unspecified atom stereocenters. The molecule has 2 aromatic rings. The van der Waals surface area contributed by atoms with Crippen molar-refractivity contribution >= 4 is 28.5 Å². The molecule has 1 saturated heterocycles. The van der Waals surface area contributed by atoms with Crippen LogP contribution in [0.4, 0.5) is 0 Å². The van der Waals surface area contributed by atoms with Gasteiger partial charge >= 0.3 is 0 Å². The molecule has 2 fully saturated rings. The summed E-state index contributed by atoms with van der Waals surface area (Å²) in [4.78, 5) is 17.2. The zero-order valence-electron chi connectivity index (χ0n) is 15.6. The number of halogens is 1. The number of nitrogens with zero attached hydrogens (tertiary/aromatic N) is 2. The Morgan fingerprint density at radius 3 is 2.65 bits per heavy atom. The van der Waals surface area contributed by atoms with Gasteiger partial charge in [0.2, 0.25) is 5.91 Å². The van der Waals surface area contributed by atoms with E-state index in [-0.39, 0.29) is 11.4 Å². The molecule has 140 valence electrons. The van der Waals surface area contributed by atoms with Crippen molar-refractivity contribution in [1.82, 2.24) is 9.80 Å². The molecular weight excluding hydrogens is 348 g/mol. The molecule has 26 heavy (non-hydrogen) atoms. The van der Waals surface area contributed by atoms with Crippen LogP contribution in [0, 0.1) is 5.92 Å². The maximum Gasteiger partial charge on any atom is 0.222 e. The van der Waals surface area contributed by atoms with Crippen molar-refractivity contribution in [2.75, 3.05) is 26.2 Å². The monoisotopic (exact) mass is 374 g/mol. The number of amides is 1. The fourth-order valence-electron chi connectivity index (χ4n) is 4.23. The highest BCUT2D eigenvalue weighted by atomic mass is 35.5. The van der Waals surface area contributed by atoms with Gasteiger partial charge in [-0.15, -0.1) is 0 Å². The van der Waals surface area contributed by atoms with Gasteiger partial charge in [0.25, 0.3) is 0 Å². The lowest BCUT2D eigenvalue weighted by molar-refractivity contribution is -0.133. The summed E-state index contributed by atoms with van der Waals surface area (Å²) in [5.74, 6) is 1.08. The average molecular weight is 375 g/mol. The summed E-state index contributed by atoms with van der Waals surface area (Å²) >= 11 is 6.09. The second-order valence-corrected chi connectivity index (χ2v) is 8.63. The van der Waals surface area contributed by atoms with Gasteiger partial charge in [-0.3, -0.25) is 9.69 Å². The molecule has 0 radical (unpaired) electrons. The first-order chi connectivity index (χ1) is 12.4. The number of benzene rings is 1. The van der Waals surface area contributed by atoms with E-state index in [9.17, 15) is 4.79 Å². The quantitative estimate of drug-likeness (QED) is 0.780. The Morgan fingerprint density at radius 2 is 1.96 bits per heavy atom. The largest absolute Gasteiger partial charge is 0.464 e. The predicted octanol–water partition coefficient (Wildman–Crippen LogP) is 4.35. The van der Waals surface area contributed by atoms with Crippen LogP contribution in [0.5, 0.6) is 0 Å². The van der Waals surface area contributed by atoms with Crippen molar-refractivity contribution in [3.8, 4) is 0 Å². The molecule has 1 saturated carbocycles. The van der Waals surface area contributed by atoms with Crippen LogP contribution in [0.15, 0.2) is 28.9 Å². The summed E-state index contributed by atoms with van der Waals surface area (Å²) in [6.45, 7) is 8.37. The lowest BCUT2D eigenvalue weighted by Gasteiger charge is -2.44. The van der Waals surface area contributed by atoms with Gasteiger partial charge in [-0.05, 0) is 62.8 Å². The normalized spacial score (nSPS) is 19.3. The molecule has 1 aromatic heterocycles. The average Bonchev–Trinajstić information content (AvgIpc) is 3.43. The molecule has 1 amide bonds. The molecule has 0 spiro atoms. The summed E-state index contributed by atoms with van der Waals surface area (Å²) in [6.07, 6.45) is 5.68. The van der Waals surface area contributed by atoms with Crippen LogP contribution in [-0.4, -0.2) is 47.4 Å². The van der Waals surface area contributed by atoms with Crippen LogP contribution in [0.25, 0.3) is 11.0 Å². The van der Waals surface area contributed by atoms with Crippen LogP contribution in [0.1, 0.15) is 38.7 Å². The molecule has 1 aliphatic heterocycles. The highest BCUT2D eigenvalue weighted by Gasteiger charge is 2.42. The topological polar surface area (TPSA) is 36.7 Å². The molecule has 0 N–H and O–H groups in total. The predicted molar refractivity (Wildman–Crippen MR) is 105 cm³/mol. The Kier molecular flexibility index (Phi) is 4.74. The fourth-order valence-corrected chi connectivity index (χ4v) is 4.40. The van der Waals surface area contributed by atoms with Crippen LogP contribution in [0.2, 0.25) is 5.02 Å². The van der Waals surface area contributed by atoms with Crippen LogP contribution < -0.4 is 0 Å². The van der Waals surface area contributed by atoms with Crippen molar-refractivity contribution in [2.24, 2.45) is 5.92 Å². The molecule has 4 rings (SSSR count). The fraction of sp³-hybridized carbons (Fsp3) is 0.571. The SMILES string of the molecule is CC(C)(C1CC1)N1CCN(C(=O)CCc2coc3ccc(Cl)cc23)CC1. The number of aryl methyl sites for hydroxylation is 1. The Labute approximate surface area is 160 Å². The van der Waals surface area contributed by atoms with Crippen LogP contribution in [-0.2, 0) is 11.2 Å². The summed E-state index contributed by atoms with van der Waals surface area (Å²) in [7, 11) is 0. The third-order valence-electron chi connectivity index (χ3n) is 6.25. The Morgan fingerprint density at radius 1 is 1.23 bits per heavy atom. The van der Waals surface area contributed by atoms with E-state index in [0.29, 0.717) is 17.9 Å². The first-order valence-electron chi connectivity index (χ1n) is 9.63. The summed E-state index contributed by atoms with van der Waals surface area (Å²) in [5, 5.41) is 1.71. The maximum atomic E-state index is 12.6. The zero-order chi connectivity index (χ0) is 18.3.